The molecule has 0 aromatic heterocycles. The molecule has 1 rings (SSSR count). The molecule has 0 atom stereocenters. The zero-order valence-corrected chi connectivity index (χ0v) is 13.1. The highest BCUT2D eigenvalue weighted by atomic mass is 16.6. The molecule has 120 valence electrons. The van der Waals surface area contributed by atoms with Crippen molar-refractivity contribution in [1.29, 1.82) is 0 Å². The Balaban J connectivity index is 2.16. The lowest BCUT2D eigenvalue weighted by Gasteiger charge is -2.15. The second-order valence-electron chi connectivity index (χ2n) is 4.68. The number of nitrogens with zero attached hydrogens (tertiary/aromatic N) is 1. The fourth-order valence-corrected chi connectivity index (χ4v) is 1.60. The Morgan fingerprint density at radius 2 is 1.57 bits per heavy atom. The van der Waals surface area contributed by atoms with E-state index in [2.05, 4.69) is 0 Å². The Kier molecular flexibility index (Phi) is 8.57. The predicted octanol–water partition coefficient (Wildman–Crippen LogP) is 1.39. The molecule has 0 bridgehead atoms. The van der Waals surface area contributed by atoms with Gasteiger partial charge in [-0.15, -0.1) is 0 Å². The van der Waals surface area contributed by atoms with Gasteiger partial charge in [0.2, 0.25) is 0 Å². The van der Waals surface area contributed by atoms with E-state index in [0.717, 1.165) is 5.69 Å². The van der Waals surface area contributed by atoms with Gasteiger partial charge in [-0.2, -0.15) is 0 Å². The number of benzene rings is 1. The average molecular weight is 298 g/mol. The zero-order chi connectivity index (χ0) is 15.5. The highest BCUT2D eigenvalue weighted by Crippen LogP contribution is 2.26. The summed E-state index contributed by atoms with van der Waals surface area (Å²) in [6.45, 7) is 3.25. The maximum Gasteiger partial charge on any atom is 0.144 e. The lowest BCUT2D eigenvalue weighted by Crippen LogP contribution is -2.13. The van der Waals surface area contributed by atoms with Crippen LogP contribution >= 0.6 is 0 Å². The van der Waals surface area contributed by atoms with Crippen LogP contribution in [-0.4, -0.2) is 60.8 Å². The van der Waals surface area contributed by atoms with E-state index in [-0.39, 0.29) is 0 Å². The molecular weight excluding hydrogens is 272 g/mol. The molecule has 0 amide bonds. The highest BCUT2D eigenvalue weighted by molar-refractivity contribution is 5.61. The summed E-state index contributed by atoms with van der Waals surface area (Å²) < 4.78 is 21.2. The van der Waals surface area contributed by atoms with Crippen LogP contribution in [0.1, 0.15) is 0 Å². The van der Waals surface area contributed by atoms with E-state index in [1.807, 2.05) is 37.2 Å². The van der Waals surface area contributed by atoms with Crippen molar-refractivity contribution in [3.8, 4) is 5.75 Å². The smallest absolute Gasteiger partial charge is 0.144 e. The molecule has 0 saturated carbocycles. The van der Waals surface area contributed by atoms with Crippen molar-refractivity contribution in [3.63, 3.8) is 0 Å². The zero-order valence-electron chi connectivity index (χ0n) is 13.1. The van der Waals surface area contributed by atoms with E-state index in [4.69, 9.17) is 24.7 Å². The summed E-state index contributed by atoms with van der Waals surface area (Å²) in [5.41, 5.74) is 7.56. The number of anilines is 2. The highest BCUT2D eigenvalue weighted by Gasteiger charge is 2.03. The van der Waals surface area contributed by atoms with Gasteiger partial charge in [-0.1, -0.05) is 0 Å². The summed E-state index contributed by atoms with van der Waals surface area (Å²) >= 11 is 0. The van der Waals surface area contributed by atoms with Crippen LogP contribution in [-0.2, 0) is 14.2 Å². The SMILES string of the molecule is COCCOCCOCCOc1cc(N(C)C)ccc1N. The van der Waals surface area contributed by atoms with Gasteiger partial charge in [-0.25, -0.2) is 0 Å². The molecule has 6 nitrogen and oxygen atoms in total. The first-order valence-corrected chi connectivity index (χ1v) is 6.99. The predicted molar refractivity (Wildman–Crippen MR) is 84.2 cm³/mol. The number of ether oxygens (including phenoxy) is 4. The average Bonchev–Trinajstić information content (AvgIpc) is 2.47. The van der Waals surface area contributed by atoms with E-state index >= 15 is 0 Å². The number of methoxy groups -OCH3 is 1. The van der Waals surface area contributed by atoms with Crippen molar-refractivity contribution in [3.05, 3.63) is 18.2 Å². The van der Waals surface area contributed by atoms with Gasteiger partial charge < -0.3 is 29.6 Å². The molecule has 21 heavy (non-hydrogen) atoms. The summed E-state index contributed by atoms with van der Waals surface area (Å²) in [5, 5.41) is 0. The number of rotatable bonds is 11. The van der Waals surface area contributed by atoms with Crippen molar-refractivity contribution < 1.29 is 18.9 Å². The molecular formula is C15H26N2O4. The molecule has 1 aromatic rings. The number of hydrogen-bond acceptors (Lipinski definition) is 6. The van der Waals surface area contributed by atoms with Crippen molar-refractivity contribution in [1.82, 2.24) is 0 Å². The number of hydrogen-bond donors (Lipinski definition) is 1. The summed E-state index contributed by atoms with van der Waals surface area (Å²) in [6, 6.07) is 5.72. The van der Waals surface area contributed by atoms with Crippen molar-refractivity contribution in [2.75, 3.05) is 71.5 Å². The molecule has 0 radical (unpaired) electrons. The van der Waals surface area contributed by atoms with Crippen LogP contribution in [0, 0.1) is 0 Å². The molecule has 1 aromatic carbocycles. The third-order valence-electron chi connectivity index (χ3n) is 2.80. The minimum atomic E-state index is 0.457. The van der Waals surface area contributed by atoms with Crippen LogP contribution in [0.3, 0.4) is 0 Å². The summed E-state index contributed by atoms with van der Waals surface area (Å²) in [5.74, 6) is 0.682. The maximum atomic E-state index is 5.88. The van der Waals surface area contributed by atoms with Crippen LogP contribution < -0.4 is 15.4 Å². The summed E-state index contributed by atoms with van der Waals surface area (Å²) in [6.07, 6.45) is 0. The molecule has 0 unspecified atom stereocenters. The van der Waals surface area contributed by atoms with Crippen molar-refractivity contribution in [2.24, 2.45) is 0 Å². The minimum absolute atomic E-state index is 0.457. The number of nitrogen functional groups attached to an aromatic ring is 1. The molecule has 0 aliphatic rings. The molecule has 0 fully saturated rings. The first kappa shape index (κ1) is 17.6. The van der Waals surface area contributed by atoms with E-state index in [1.165, 1.54) is 0 Å². The van der Waals surface area contributed by atoms with Gasteiger partial charge in [0.1, 0.15) is 12.4 Å². The molecule has 2 N–H and O–H groups in total. The topological polar surface area (TPSA) is 66.2 Å². The Labute approximate surface area is 126 Å². The molecule has 0 aliphatic heterocycles. The van der Waals surface area contributed by atoms with Gasteiger partial charge in [0.15, 0.2) is 0 Å². The van der Waals surface area contributed by atoms with Gasteiger partial charge >= 0.3 is 0 Å². The fourth-order valence-electron chi connectivity index (χ4n) is 1.60. The first-order chi connectivity index (χ1) is 10.1. The van der Waals surface area contributed by atoms with Gasteiger partial charge in [0.05, 0.1) is 38.7 Å². The van der Waals surface area contributed by atoms with E-state index in [9.17, 15) is 0 Å². The van der Waals surface area contributed by atoms with Gasteiger partial charge in [-0.05, 0) is 12.1 Å². The van der Waals surface area contributed by atoms with E-state index in [0.29, 0.717) is 51.1 Å². The van der Waals surface area contributed by atoms with E-state index < -0.39 is 0 Å². The normalized spacial score (nSPS) is 10.6. The van der Waals surface area contributed by atoms with Crippen molar-refractivity contribution in [2.45, 2.75) is 0 Å². The second kappa shape index (κ2) is 10.3. The largest absolute Gasteiger partial charge is 0.489 e. The Hall–Kier alpha value is -1.50. The maximum absolute atomic E-state index is 5.88. The van der Waals surface area contributed by atoms with Crippen molar-refractivity contribution >= 4 is 11.4 Å². The molecule has 6 heteroatoms. The summed E-state index contributed by atoms with van der Waals surface area (Å²) in [4.78, 5) is 2.00. The lowest BCUT2D eigenvalue weighted by molar-refractivity contribution is 0.0180. The van der Waals surface area contributed by atoms with Crippen LogP contribution in [0.15, 0.2) is 18.2 Å². The third kappa shape index (κ3) is 7.17. The Morgan fingerprint density at radius 3 is 2.19 bits per heavy atom. The second-order valence-corrected chi connectivity index (χ2v) is 4.68. The van der Waals surface area contributed by atoms with Crippen LogP contribution in [0.25, 0.3) is 0 Å². The first-order valence-electron chi connectivity index (χ1n) is 6.99. The van der Waals surface area contributed by atoms with Gasteiger partial charge in [0.25, 0.3) is 0 Å². The van der Waals surface area contributed by atoms with Gasteiger partial charge in [0, 0.05) is 33.0 Å². The van der Waals surface area contributed by atoms with Gasteiger partial charge in [-0.3, -0.25) is 0 Å². The molecule has 0 saturated heterocycles. The number of nitrogens with two attached hydrogens (primary N) is 1. The lowest BCUT2D eigenvalue weighted by atomic mass is 10.2. The Morgan fingerprint density at radius 1 is 0.952 bits per heavy atom. The minimum Gasteiger partial charge on any atom is -0.489 e. The monoisotopic (exact) mass is 298 g/mol. The third-order valence-corrected chi connectivity index (χ3v) is 2.80. The van der Waals surface area contributed by atoms with Crippen LogP contribution in [0.5, 0.6) is 5.75 Å². The summed E-state index contributed by atoms with van der Waals surface area (Å²) in [7, 11) is 5.60. The molecule has 0 spiro atoms. The quantitative estimate of drug-likeness (QED) is 0.492. The van der Waals surface area contributed by atoms with Crippen LogP contribution in [0.2, 0.25) is 0 Å². The van der Waals surface area contributed by atoms with Crippen LogP contribution in [0.4, 0.5) is 11.4 Å². The van der Waals surface area contributed by atoms with E-state index in [1.54, 1.807) is 7.11 Å². The Bertz CT molecular complexity index is 399. The fraction of sp³-hybridized carbons (Fsp3) is 0.600. The molecule has 0 aliphatic carbocycles. The standard InChI is InChI=1S/C15H26N2O4/c1-17(2)13-4-5-14(16)15(12-13)21-11-10-20-9-8-19-7-6-18-3/h4-5,12H,6-11,16H2,1-3H3. The molecule has 0 heterocycles.